The second-order valence-electron chi connectivity index (χ2n) is 4.64. The molecule has 1 amide bonds. The van der Waals surface area contributed by atoms with Gasteiger partial charge in [0.25, 0.3) is 5.91 Å². The highest BCUT2D eigenvalue weighted by Crippen LogP contribution is 2.06. The summed E-state index contributed by atoms with van der Waals surface area (Å²) in [6.45, 7) is 5.22. The normalized spacial score (nSPS) is 10.8. The molecule has 1 rings (SSSR count). The molecule has 0 radical (unpaired) electrons. The first-order valence-electron chi connectivity index (χ1n) is 5.43. The molecule has 0 aliphatic heterocycles. The lowest BCUT2D eigenvalue weighted by Gasteiger charge is -2.19. The summed E-state index contributed by atoms with van der Waals surface area (Å²) in [7, 11) is 0. The summed E-state index contributed by atoms with van der Waals surface area (Å²) in [5.41, 5.74) is -0.00905. The molecule has 17 heavy (non-hydrogen) atoms. The maximum atomic E-state index is 11.6. The molecule has 0 unspecified atom stereocenters. The molecule has 4 heteroatoms. The van der Waals surface area contributed by atoms with E-state index in [-0.39, 0.29) is 12.5 Å². The molecule has 0 aliphatic rings. The number of carbonyl (C=O) groups excluding carboxylic acids is 2. The van der Waals surface area contributed by atoms with E-state index < -0.39 is 11.6 Å². The molecule has 0 bridgehead atoms. The van der Waals surface area contributed by atoms with Crippen LogP contribution in [0.25, 0.3) is 0 Å². The van der Waals surface area contributed by atoms with Gasteiger partial charge >= 0.3 is 5.97 Å². The zero-order chi connectivity index (χ0) is 12.9. The molecule has 0 aliphatic carbocycles. The van der Waals surface area contributed by atoms with Crippen LogP contribution in [-0.2, 0) is 9.53 Å². The minimum Gasteiger partial charge on any atom is -0.459 e. The predicted molar refractivity (Wildman–Crippen MR) is 64.6 cm³/mol. The molecule has 1 aromatic rings. The van der Waals surface area contributed by atoms with Crippen molar-refractivity contribution in [3.8, 4) is 0 Å². The molecule has 0 aromatic heterocycles. The van der Waals surface area contributed by atoms with Gasteiger partial charge < -0.3 is 10.1 Å². The van der Waals surface area contributed by atoms with Crippen LogP contribution < -0.4 is 5.32 Å². The average molecular weight is 235 g/mol. The molecule has 0 fully saturated rings. The molecule has 0 saturated heterocycles. The van der Waals surface area contributed by atoms with Crippen molar-refractivity contribution in [1.29, 1.82) is 0 Å². The summed E-state index contributed by atoms with van der Waals surface area (Å²) in [4.78, 5) is 23.0. The van der Waals surface area contributed by atoms with Gasteiger partial charge in [0.1, 0.15) is 12.1 Å². The Balaban J connectivity index is 2.42. The summed E-state index contributed by atoms with van der Waals surface area (Å²) in [6.07, 6.45) is 0. The number of nitrogens with one attached hydrogen (secondary N) is 1. The SMILES string of the molecule is CC(C)(C)OC(=O)CNC(=O)c1ccccc1. The van der Waals surface area contributed by atoms with Crippen LogP contribution in [-0.4, -0.2) is 24.0 Å². The Bertz CT molecular complexity index is 393. The van der Waals surface area contributed by atoms with Gasteiger partial charge in [-0.15, -0.1) is 0 Å². The van der Waals surface area contributed by atoms with E-state index >= 15 is 0 Å². The van der Waals surface area contributed by atoms with Gasteiger partial charge in [-0.2, -0.15) is 0 Å². The molecule has 92 valence electrons. The third-order valence-electron chi connectivity index (χ3n) is 1.85. The molecule has 0 spiro atoms. The van der Waals surface area contributed by atoms with Gasteiger partial charge in [-0.25, -0.2) is 0 Å². The van der Waals surface area contributed by atoms with Crippen molar-refractivity contribution in [2.75, 3.05) is 6.54 Å². The minimum absolute atomic E-state index is 0.120. The number of carbonyl (C=O) groups is 2. The van der Waals surface area contributed by atoms with E-state index in [1.165, 1.54) is 0 Å². The van der Waals surface area contributed by atoms with E-state index in [2.05, 4.69) is 5.32 Å². The van der Waals surface area contributed by atoms with E-state index in [0.29, 0.717) is 5.56 Å². The number of esters is 1. The molecular weight excluding hydrogens is 218 g/mol. The molecule has 1 N–H and O–H groups in total. The van der Waals surface area contributed by atoms with Crippen molar-refractivity contribution in [2.45, 2.75) is 26.4 Å². The van der Waals surface area contributed by atoms with Crippen LogP contribution in [0.5, 0.6) is 0 Å². The van der Waals surface area contributed by atoms with E-state index in [9.17, 15) is 9.59 Å². The van der Waals surface area contributed by atoms with Gasteiger partial charge in [-0.1, -0.05) is 18.2 Å². The number of hydrogen-bond acceptors (Lipinski definition) is 3. The quantitative estimate of drug-likeness (QED) is 0.812. The summed E-state index contributed by atoms with van der Waals surface area (Å²) in [5, 5.41) is 2.51. The highest BCUT2D eigenvalue weighted by Gasteiger charge is 2.16. The Hall–Kier alpha value is -1.84. The standard InChI is InChI=1S/C13H17NO3/c1-13(2,3)17-11(15)9-14-12(16)10-7-5-4-6-8-10/h4-8H,9H2,1-3H3,(H,14,16). The van der Waals surface area contributed by atoms with Gasteiger partial charge in [0, 0.05) is 5.56 Å². The third-order valence-corrected chi connectivity index (χ3v) is 1.85. The predicted octanol–water partition coefficient (Wildman–Crippen LogP) is 1.76. The Morgan fingerprint density at radius 2 is 1.76 bits per heavy atom. The third kappa shape index (κ3) is 5.15. The van der Waals surface area contributed by atoms with Crippen LogP contribution in [0.2, 0.25) is 0 Å². The lowest BCUT2D eigenvalue weighted by atomic mass is 10.2. The maximum Gasteiger partial charge on any atom is 0.325 e. The topological polar surface area (TPSA) is 55.4 Å². The second kappa shape index (κ2) is 5.48. The number of hydrogen-bond donors (Lipinski definition) is 1. The van der Waals surface area contributed by atoms with E-state index in [1.54, 1.807) is 45.0 Å². The first-order chi connectivity index (χ1) is 7.88. The largest absolute Gasteiger partial charge is 0.459 e. The van der Waals surface area contributed by atoms with Crippen LogP contribution >= 0.6 is 0 Å². The van der Waals surface area contributed by atoms with Crippen molar-refractivity contribution in [2.24, 2.45) is 0 Å². The number of ether oxygens (including phenoxy) is 1. The Morgan fingerprint density at radius 3 is 2.29 bits per heavy atom. The fourth-order valence-corrected chi connectivity index (χ4v) is 1.22. The average Bonchev–Trinajstić information content (AvgIpc) is 2.25. The molecule has 0 saturated carbocycles. The highest BCUT2D eigenvalue weighted by atomic mass is 16.6. The van der Waals surface area contributed by atoms with Gasteiger partial charge in [0.2, 0.25) is 0 Å². The fraction of sp³-hybridized carbons (Fsp3) is 0.385. The monoisotopic (exact) mass is 235 g/mol. The Morgan fingerprint density at radius 1 is 1.18 bits per heavy atom. The lowest BCUT2D eigenvalue weighted by Crippen LogP contribution is -2.34. The van der Waals surface area contributed by atoms with Crippen molar-refractivity contribution in [1.82, 2.24) is 5.32 Å². The van der Waals surface area contributed by atoms with Gasteiger partial charge in [-0.3, -0.25) is 9.59 Å². The number of rotatable bonds is 3. The molecule has 4 nitrogen and oxygen atoms in total. The van der Waals surface area contributed by atoms with Crippen LogP contribution in [0.4, 0.5) is 0 Å². The van der Waals surface area contributed by atoms with Gasteiger partial charge in [0.15, 0.2) is 0 Å². The van der Waals surface area contributed by atoms with Crippen LogP contribution in [0, 0.1) is 0 Å². The number of amides is 1. The fourth-order valence-electron chi connectivity index (χ4n) is 1.22. The number of benzene rings is 1. The summed E-state index contributed by atoms with van der Waals surface area (Å²) >= 11 is 0. The highest BCUT2D eigenvalue weighted by molar-refractivity contribution is 5.95. The lowest BCUT2D eigenvalue weighted by molar-refractivity contribution is -0.153. The van der Waals surface area contributed by atoms with Crippen LogP contribution in [0.3, 0.4) is 0 Å². The minimum atomic E-state index is -0.533. The maximum absolute atomic E-state index is 11.6. The zero-order valence-corrected chi connectivity index (χ0v) is 10.3. The van der Waals surface area contributed by atoms with E-state index in [4.69, 9.17) is 4.74 Å². The summed E-state index contributed by atoms with van der Waals surface area (Å²) in [6, 6.07) is 8.73. The van der Waals surface area contributed by atoms with Crippen molar-refractivity contribution in [3.05, 3.63) is 35.9 Å². The Labute approximate surface area is 101 Å². The van der Waals surface area contributed by atoms with E-state index in [1.807, 2.05) is 6.07 Å². The van der Waals surface area contributed by atoms with Gasteiger partial charge in [-0.05, 0) is 32.9 Å². The van der Waals surface area contributed by atoms with Crippen molar-refractivity contribution in [3.63, 3.8) is 0 Å². The molecule has 0 atom stereocenters. The first-order valence-corrected chi connectivity index (χ1v) is 5.43. The van der Waals surface area contributed by atoms with Crippen LogP contribution in [0.1, 0.15) is 31.1 Å². The zero-order valence-electron chi connectivity index (χ0n) is 10.3. The van der Waals surface area contributed by atoms with Crippen LogP contribution in [0.15, 0.2) is 30.3 Å². The molecule has 1 aromatic carbocycles. The molecule has 0 heterocycles. The second-order valence-corrected chi connectivity index (χ2v) is 4.64. The molecular formula is C13H17NO3. The first kappa shape index (κ1) is 13.2. The van der Waals surface area contributed by atoms with Crippen molar-refractivity contribution >= 4 is 11.9 Å². The summed E-state index contributed by atoms with van der Waals surface area (Å²) < 4.78 is 5.07. The van der Waals surface area contributed by atoms with E-state index in [0.717, 1.165) is 0 Å². The summed E-state index contributed by atoms with van der Waals surface area (Å²) in [5.74, 6) is -0.724. The van der Waals surface area contributed by atoms with Gasteiger partial charge in [0.05, 0.1) is 0 Å². The smallest absolute Gasteiger partial charge is 0.325 e. The van der Waals surface area contributed by atoms with Crippen molar-refractivity contribution < 1.29 is 14.3 Å². The Kier molecular flexibility index (Phi) is 4.26.